The standard InChI is InChI=1S/C19H23N5O3/c1-3-7-16-21-19(27-24-16)11-6-10-18(25)20-17-12-14(22-23-17)13-8-4-5-9-15(13)26-2/h4-5,8-9,12H,3,6-7,10-11H2,1-2H3,(H2,20,22,23,25). The summed E-state index contributed by atoms with van der Waals surface area (Å²) in [5.74, 6) is 2.40. The molecule has 0 bridgehead atoms. The fraction of sp³-hybridized carbons (Fsp3) is 0.368. The number of hydrogen-bond acceptors (Lipinski definition) is 6. The Morgan fingerprint density at radius 2 is 2.15 bits per heavy atom. The topological polar surface area (TPSA) is 106 Å². The molecule has 2 aromatic heterocycles. The zero-order valence-corrected chi connectivity index (χ0v) is 15.5. The maximum Gasteiger partial charge on any atom is 0.226 e. The van der Waals surface area contributed by atoms with Crippen LogP contribution in [0.3, 0.4) is 0 Å². The molecule has 1 amide bonds. The molecule has 0 unspecified atom stereocenters. The number of nitrogens with one attached hydrogen (secondary N) is 2. The van der Waals surface area contributed by atoms with Gasteiger partial charge in [0, 0.05) is 30.9 Å². The first-order valence-electron chi connectivity index (χ1n) is 8.99. The molecule has 3 aromatic rings. The van der Waals surface area contributed by atoms with Gasteiger partial charge in [0.15, 0.2) is 11.6 Å². The summed E-state index contributed by atoms with van der Waals surface area (Å²) < 4.78 is 10.5. The minimum Gasteiger partial charge on any atom is -0.496 e. The van der Waals surface area contributed by atoms with Crippen molar-refractivity contribution in [3.63, 3.8) is 0 Å². The highest BCUT2D eigenvalue weighted by Crippen LogP contribution is 2.29. The molecule has 2 heterocycles. The molecule has 0 saturated heterocycles. The molecule has 142 valence electrons. The number of hydrogen-bond donors (Lipinski definition) is 2. The Hall–Kier alpha value is -3.16. The van der Waals surface area contributed by atoms with Gasteiger partial charge in [-0.3, -0.25) is 9.89 Å². The van der Waals surface area contributed by atoms with Gasteiger partial charge < -0.3 is 14.6 Å². The number of H-pyrrole nitrogens is 1. The van der Waals surface area contributed by atoms with Crippen molar-refractivity contribution >= 4 is 11.7 Å². The fourth-order valence-electron chi connectivity index (χ4n) is 2.71. The minimum atomic E-state index is -0.110. The lowest BCUT2D eigenvalue weighted by Gasteiger charge is -2.05. The Morgan fingerprint density at radius 1 is 1.30 bits per heavy atom. The molecule has 0 aliphatic heterocycles. The van der Waals surface area contributed by atoms with E-state index in [2.05, 4.69) is 32.6 Å². The van der Waals surface area contributed by atoms with Gasteiger partial charge in [-0.25, -0.2) is 0 Å². The molecule has 0 atom stereocenters. The highest BCUT2D eigenvalue weighted by Gasteiger charge is 2.11. The Bertz CT molecular complexity index is 887. The second-order valence-electron chi connectivity index (χ2n) is 6.12. The lowest BCUT2D eigenvalue weighted by molar-refractivity contribution is -0.116. The van der Waals surface area contributed by atoms with Crippen molar-refractivity contribution in [2.75, 3.05) is 12.4 Å². The number of aromatic nitrogens is 4. The lowest BCUT2D eigenvalue weighted by Crippen LogP contribution is -2.11. The maximum atomic E-state index is 12.1. The fourth-order valence-corrected chi connectivity index (χ4v) is 2.71. The Labute approximate surface area is 157 Å². The summed E-state index contributed by atoms with van der Waals surface area (Å²) in [6.45, 7) is 2.06. The van der Waals surface area contributed by atoms with Crippen LogP contribution in [-0.2, 0) is 17.6 Å². The van der Waals surface area contributed by atoms with Crippen LogP contribution in [0.4, 0.5) is 5.82 Å². The number of aromatic amines is 1. The number of benzene rings is 1. The van der Waals surface area contributed by atoms with Crippen LogP contribution in [0.15, 0.2) is 34.9 Å². The summed E-state index contributed by atoms with van der Waals surface area (Å²) in [6, 6.07) is 9.40. The Balaban J connectivity index is 1.50. The average Bonchev–Trinajstić information content (AvgIpc) is 3.32. The lowest BCUT2D eigenvalue weighted by atomic mass is 10.1. The molecule has 3 rings (SSSR count). The number of carbonyl (C=O) groups excluding carboxylic acids is 1. The van der Waals surface area contributed by atoms with E-state index in [1.165, 1.54) is 0 Å². The molecule has 2 N–H and O–H groups in total. The van der Waals surface area contributed by atoms with Crippen molar-refractivity contribution in [1.82, 2.24) is 20.3 Å². The predicted molar refractivity (Wildman–Crippen MR) is 100 cm³/mol. The number of aryl methyl sites for hydroxylation is 2. The number of anilines is 1. The van der Waals surface area contributed by atoms with Crippen molar-refractivity contribution < 1.29 is 14.1 Å². The number of carbonyl (C=O) groups is 1. The summed E-state index contributed by atoms with van der Waals surface area (Å²) >= 11 is 0. The number of methoxy groups -OCH3 is 1. The first-order valence-corrected chi connectivity index (χ1v) is 8.99. The van der Waals surface area contributed by atoms with Crippen LogP contribution in [0.1, 0.15) is 37.9 Å². The number of para-hydroxylation sites is 1. The van der Waals surface area contributed by atoms with E-state index in [1.807, 2.05) is 24.3 Å². The van der Waals surface area contributed by atoms with Crippen LogP contribution in [0.5, 0.6) is 5.75 Å². The molecule has 27 heavy (non-hydrogen) atoms. The molecule has 8 nitrogen and oxygen atoms in total. The van der Waals surface area contributed by atoms with Gasteiger partial charge in [-0.2, -0.15) is 10.1 Å². The summed E-state index contributed by atoms with van der Waals surface area (Å²) in [5.41, 5.74) is 1.66. The SMILES string of the molecule is CCCc1noc(CCCC(=O)Nc2cc(-c3ccccc3OC)[nH]n2)n1. The molecule has 0 aliphatic carbocycles. The molecule has 0 radical (unpaired) electrons. The van der Waals surface area contributed by atoms with Gasteiger partial charge >= 0.3 is 0 Å². The zero-order chi connectivity index (χ0) is 19.1. The van der Waals surface area contributed by atoms with Gasteiger partial charge in [0.25, 0.3) is 0 Å². The maximum absolute atomic E-state index is 12.1. The highest BCUT2D eigenvalue weighted by atomic mass is 16.5. The van der Waals surface area contributed by atoms with Crippen LogP contribution in [0.25, 0.3) is 11.3 Å². The van der Waals surface area contributed by atoms with Gasteiger partial charge in [-0.1, -0.05) is 24.2 Å². The van der Waals surface area contributed by atoms with E-state index in [1.54, 1.807) is 13.2 Å². The molecule has 8 heteroatoms. The van der Waals surface area contributed by atoms with E-state index >= 15 is 0 Å². The van der Waals surface area contributed by atoms with Crippen molar-refractivity contribution in [2.24, 2.45) is 0 Å². The highest BCUT2D eigenvalue weighted by molar-refractivity contribution is 5.90. The number of amides is 1. The second-order valence-corrected chi connectivity index (χ2v) is 6.12. The van der Waals surface area contributed by atoms with Crippen LogP contribution in [-0.4, -0.2) is 33.4 Å². The van der Waals surface area contributed by atoms with Crippen molar-refractivity contribution in [3.8, 4) is 17.0 Å². The summed E-state index contributed by atoms with van der Waals surface area (Å²) in [6.07, 6.45) is 3.34. The monoisotopic (exact) mass is 369 g/mol. The molecular formula is C19H23N5O3. The average molecular weight is 369 g/mol. The van der Waals surface area contributed by atoms with Gasteiger partial charge in [0.2, 0.25) is 11.8 Å². The quantitative estimate of drug-likeness (QED) is 0.599. The normalized spacial score (nSPS) is 10.7. The molecular weight excluding hydrogens is 346 g/mol. The van der Waals surface area contributed by atoms with Crippen molar-refractivity contribution in [3.05, 3.63) is 42.0 Å². The summed E-state index contributed by atoms with van der Waals surface area (Å²) in [5, 5.41) is 13.8. The molecule has 0 saturated carbocycles. The number of nitrogens with zero attached hydrogens (tertiary/aromatic N) is 3. The molecule has 0 spiro atoms. The third kappa shape index (κ3) is 4.93. The van der Waals surface area contributed by atoms with Crippen molar-refractivity contribution in [1.29, 1.82) is 0 Å². The largest absolute Gasteiger partial charge is 0.496 e. The second kappa shape index (κ2) is 8.98. The van der Waals surface area contributed by atoms with Gasteiger partial charge in [-0.15, -0.1) is 0 Å². The number of rotatable bonds is 9. The van der Waals surface area contributed by atoms with Crippen LogP contribution in [0, 0.1) is 0 Å². The van der Waals surface area contributed by atoms with E-state index in [4.69, 9.17) is 9.26 Å². The molecule has 0 aliphatic rings. The van der Waals surface area contributed by atoms with E-state index in [-0.39, 0.29) is 5.91 Å². The zero-order valence-electron chi connectivity index (χ0n) is 15.5. The van der Waals surface area contributed by atoms with E-state index in [9.17, 15) is 4.79 Å². The third-order valence-electron chi connectivity index (χ3n) is 4.02. The number of ether oxygens (including phenoxy) is 1. The first kappa shape index (κ1) is 18.6. The first-order chi connectivity index (χ1) is 13.2. The Kier molecular flexibility index (Phi) is 6.19. The smallest absolute Gasteiger partial charge is 0.226 e. The molecule has 0 fully saturated rings. The van der Waals surface area contributed by atoms with E-state index in [0.29, 0.717) is 31.0 Å². The summed E-state index contributed by atoms with van der Waals surface area (Å²) in [4.78, 5) is 16.4. The van der Waals surface area contributed by atoms with Gasteiger partial charge in [-0.05, 0) is 25.0 Å². The molecule has 1 aromatic carbocycles. The van der Waals surface area contributed by atoms with Crippen LogP contribution >= 0.6 is 0 Å². The Morgan fingerprint density at radius 3 is 2.96 bits per heavy atom. The van der Waals surface area contributed by atoms with Gasteiger partial charge in [0.05, 0.1) is 12.8 Å². The summed E-state index contributed by atoms with van der Waals surface area (Å²) in [7, 11) is 1.62. The van der Waals surface area contributed by atoms with Crippen molar-refractivity contribution in [2.45, 2.75) is 39.0 Å². The minimum absolute atomic E-state index is 0.110. The van der Waals surface area contributed by atoms with Crippen LogP contribution < -0.4 is 10.1 Å². The third-order valence-corrected chi connectivity index (χ3v) is 4.02. The van der Waals surface area contributed by atoms with Gasteiger partial charge in [0.1, 0.15) is 5.75 Å². The van der Waals surface area contributed by atoms with Crippen LogP contribution in [0.2, 0.25) is 0 Å². The van der Waals surface area contributed by atoms with E-state index < -0.39 is 0 Å². The van der Waals surface area contributed by atoms with E-state index in [0.717, 1.165) is 35.7 Å². The predicted octanol–water partition coefficient (Wildman–Crippen LogP) is 3.38.